The van der Waals surface area contributed by atoms with Gasteiger partial charge in [0.2, 0.25) is 0 Å². The lowest BCUT2D eigenvalue weighted by atomic mass is 9.98. The molecule has 3 N–H and O–H groups in total. The number of hydrogen-bond donors (Lipinski definition) is 3. The van der Waals surface area contributed by atoms with Gasteiger partial charge in [-0.05, 0) is 36.4 Å². The van der Waals surface area contributed by atoms with Gasteiger partial charge in [0.1, 0.15) is 0 Å². The lowest BCUT2D eigenvalue weighted by Gasteiger charge is -2.19. The molecule has 0 atom stereocenters. The molecule has 11 heteroatoms. The highest BCUT2D eigenvalue weighted by molar-refractivity contribution is 7.86. The van der Waals surface area contributed by atoms with Crippen LogP contribution in [-0.4, -0.2) is 62.4 Å². The molecule has 0 fully saturated rings. The molecule has 3 aromatic rings. The highest BCUT2D eigenvalue weighted by Gasteiger charge is 2.31. The first-order valence-electron chi connectivity index (χ1n) is 10.6. The first-order chi connectivity index (χ1) is 15.7. The average molecular weight is 510 g/mol. The Morgan fingerprint density at radius 1 is 1.21 bits per heavy atom. The molecule has 0 spiro atoms. The van der Waals surface area contributed by atoms with Crippen molar-refractivity contribution in [1.82, 2.24) is 15.2 Å². The van der Waals surface area contributed by atoms with Gasteiger partial charge in [-0.3, -0.25) is 9.69 Å². The SMILES string of the molecule is CCN(CCO)Cc1ccc2[nH]c(-c3cc(OC)c(OS(C)(=O)=O)c4c3C(=O)NC4)cc2c1.Cl. The number of rotatable bonds is 9. The second-order valence-corrected chi connectivity index (χ2v) is 9.55. The number of aliphatic hydroxyl groups is 1. The maximum atomic E-state index is 12.7. The van der Waals surface area contributed by atoms with E-state index in [-0.39, 0.29) is 43.0 Å². The lowest BCUT2D eigenvalue weighted by molar-refractivity contribution is 0.0966. The molecule has 0 saturated heterocycles. The number of hydrogen-bond acceptors (Lipinski definition) is 7. The summed E-state index contributed by atoms with van der Waals surface area (Å²) in [6, 6.07) is 9.67. The molecule has 2 aromatic carbocycles. The molecule has 2 heterocycles. The molecular formula is C23H28ClN3O6S. The van der Waals surface area contributed by atoms with Crippen LogP contribution in [0.4, 0.5) is 0 Å². The minimum atomic E-state index is -3.81. The number of aromatic amines is 1. The Kier molecular flexibility index (Phi) is 7.77. The van der Waals surface area contributed by atoms with E-state index < -0.39 is 10.1 Å². The molecule has 1 aromatic heterocycles. The van der Waals surface area contributed by atoms with Crippen LogP contribution in [0, 0.1) is 0 Å². The summed E-state index contributed by atoms with van der Waals surface area (Å²) in [5, 5.41) is 13.0. The van der Waals surface area contributed by atoms with Gasteiger partial charge in [-0.25, -0.2) is 0 Å². The van der Waals surface area contributed by atoms with Crippen LogP contribution in [0.1, 0.15) is 28.4 Å². The van der Waals surface area contributed by atoms with Crippen molar-refractivity contribution < 1.29 is 27.2 Å². The van der Waals surface area contributed by atoms with E-state index in [1.807, 2.05) is 18.2 Å². The van der Waals surface area contributed by atoms with Crippen molar-refractivity contribution >= 4 is 39.3 Å². The van der Waals surface area contributed by atoms with E-state index in [1.54, 1.807) is 6.07 Å². The normalized spacial score (nSPS) is 13.0. The first kappa shape index (κ1) is 25.8. The van der Waals surface area contributed by atoms with E-state index in [0.29, 0.717) is 28.9 Å². The predicted molar refractivity (Wildman–Crippen MR) is 132 cm³/mol. The number of ether oxygens (including phenoxy) is 1. The van der Waals surface area contributed by atoms with Crippen LogP contribution in [0.25, 0.3) is 22.2 Å². The van der Waals surface area contributed by atoms with E-state index in [0.717, 1.165) is 35.8 Å². The number of nitrogens with one attached hydrogen (secondary N) is 2. The van der Waals surface area contributed by atoms with Gasteiger partial charge in [0.25, 0.3) is 5.91 Å². The van der Waals surface area contributed by atoms with Crippen LogP contribution in [0.5, 0.6) is 11.5 Å². The molecular weight excluding hydrogens is 482 g/mol. The molecule has 9 nitrogen and oxygen atoms in total. The zero-order valence-corrected chi connectivity index (χ0v) is 20.8. The minimum absolute atomic E-state index is 0. The van der Waals surface area contributed by atoms with Crippen molar-refractivity contribution in [2.75, 3.05) is 33.1 Å². The molecule has 184 valence electrons. The van der Waals surface area contributed by atoms with Gasteiger partial charge in [0, 0.05) is 47.4 Å². The van der Waals surface area contributed by atoms with Crippen LogP contribution in [0.3, 0.4) is 0 Å². The van der Waals surface area contributed by atoms with Crippen LogP contribution >= 0.6 is 12.4 Å². The number of fused-ring (bicyclic) bond motifs is 2. The third kappa shape index (κ3) is 5.15. The molecule has 1 aliphatic rings. The Morgan fingerprint density at radius 2 is 1.97 bits per heavy atom. The van der Waals surface area contributed by atoms with Gasteiger partial charge in [-0.2, -0.15) is 8.42 Å². The Morgan fingerprint density at radius 3 is 2.62 bits per heavy atom. The van der Waals surface area contributed by atoms with Crippen LogP contribution in [0.2, 0.25) is 0 Å². The number of halogens is 1. The minimum Gasteiger partial charge on any atom is -0.493 e. The fourth-order valence-electron chi connectivity index (χ4n) is 4.16. The molecule has 34 heavy (non-hydrogen) atoms. The van der Waals surface area contributed by atoms with Crippen molar-refractivity contribution in [2.24, 2.45) is 0 Å². The Bertz CT molecular complexity index is 1320. The number of H-pyrrole nitrogens is 1. The smallest absolute Gasteiger partial charge is 0.306 e. The van der Waals surface area contributed by atoms with Gasteiger partial charge < -0.3 is 24.3 Å². The Balaban J connectivity index is 0.00000324. The predicted octanol–water partition coefficient (Wildman–Crippen LogP) is 2.66. The van der Waals surface area contributed by atoms with Crippen LogP contribution in [0.15, 0.2) is 30.3 Å². The lowest BCUT2D eigenvalue weighted by Crippen LogP contribution is -2.25. The van der Waals surface area contributed by atoms with E-state index in [1.165, 1.54) is 7.11 Å². The summed E-state index contributed by atoms with van der Waals surface area (Å²) < 4.78 is 34.2. The zero-order valence-electron chi connectivity index (χ0n) is 19.2. The van der Waals surface area contributed by atoms with Crippen LogP contribution < -0.4 is 14.2 Å². The first-order valence-corrected chi connectivity index (χ1v) is 12.4. The summed E-state index contributed by atoms with van der Waals surface area (Å²) in [6.45, 7) is 4.47. The second-order valence-electron chi connectivity index (χ2n) is 7.98. The summed E-state index contributed by atoms with van der Waals surface area (Å²) in [6.07, 6.45) is 0.951. The number of carbonyl (C=O) groups is 1. The van der Waals surface area contributed by atoms with Gasteiger partial charge in [-0.1, -0.05) is 13.0 Å². The maximum Gasteiger partial charge on any atom is 0.306 e. The molecule has 0 radical (unpaired) electrons. The molecule has 0 saturated carbocycles. The number of aromatic nitrogens is 1. The number of methoxy groups -OCH3 is 1. The van der Waals surface area contributed by atoms with E-state index in [4.69, 9.17) is 8.92 Å². The number of likely N-dealkylation sites (N-methyl/N-ethyl adjacent to an activating group) is 1. The molecule has 1 amide bonds. The molecule has 0 unspecified atom stereocenters. The zero-order chi connectivity index (χ0) is 23.8. The Hall–Kier alpha value is -2.79. The number of carbonyl (C=O) groups excluding carboxylic acids is 1. The standard InChI is InChI=1S/C23H27N3O6S.ClH/c1-4-26(7-8-27)13-14-5-6-18-15(9-14)10-19(25-18)16-11-20(31-2)22(32-33(3,29)30)17-12-24-23(28)21(16)17;/h5-6,9-11,25,27H,4,7-8,12-13H2,1-3H3,(H,24,28);1H. The summed E-state index contributed by atoms with van der Waals surface area (Å²) >= 11 is 0. The number of nitrogens with zero attached hydrogens (tertiary/aromatic N) is 1. The molecule has 0 aliphatic carbocycles. The van der Waals surface area contributed by atoms with Crippen molar-refractivity contribution in [3.05, 3.63) is 47.0 Å². The summed E-state index contributed by atoms with van der Waals surface area (Å²) in [5.41, 5.74) is 4.14. The van der Waals surface area contributed by atoms with Gasteiger partial charge in [0.05, 0.1) is 25.5 Å². The van der Waals surface area contributed by atoms with Crippen molar-refractivity contribution in [3.8, 4) is 22.8 Å². The van der Waals surface area contributed by atoms with Crippen molar-refractivity contribution in [3.63, 3.8) is 0 Å². The van der Waals surface area contributed by atoms with E-state index >= 15 is 0 Å². The molecule has 0 bridgehead atoms. The topological polar surface area (TPSA) is 121 Å². The fourth-order valence-corrected chi connectivity index (χ4v) is 4.65. The summed E-state index contributed by atoms with van der Waals surface area (Å²) in [5.74, 6) is -0.0467. The summed E-state index contributed by atoms with van der Waals surface area (Å²) in [7, 11) is -2.39. The van der Waals surface area contributed by atoms with Gasteiger partial charge in [0.15, 0.2) is 11.5 Å². The highest BCUT2D eigenvalue weighted by Crippen LogP contribution is 2.43. The monoisotopic (exact) mass is 509 g/mol. The average Bonchev–Trinajstić information content (AvgIpc) is 3.36. The number of aliphatic hydroxyl groups excluding tert-OH is 1. The van der Waals surface area contributed by atoms with E-state index in [9.17, 15) is 18.3 Å². The van der Waals surface area contributed by atoms with Crippen molar-refractivity contribution in [1.29, 1.82) is 0 Å². The fraction of sp³-hybridized carbons (Fsp3) is 0.348. The largest absolute Gasteiger partial charge is 0.493 e. The third-order valence-electron chi connectivity index (χ3n) is 5.70. The number of benzene rings is 2. The number of amides is 1. The Labute approximate surface area is 204 Å². The van der Waals surface area contributed by atoms with E-state index in [2.05, 4.69) is 28.2 Å². The van der Waals surface area contributed by atoms with Crippen molar-refractivity contribution in [2.45, 2.75) is 20.0 Å². The van der Waals surface area contributed by atoms with Crippen LogP contribution in [-0.2, 0) is 23.2 Å². The van der Waals surface area contributed by atoms with Gasteiger partial charge >= 0.3 is 10.1 Å². The highest BCUT2D eigenvalue weighted by atomic mass is 35.5. The maximum absolute atomic E-state index is 12.7. The molecule has 1 aliphatic heterocycles. The third-order valence-corrected chi connectivity index (χ3v) is 6.17. The van der Waals surface area contributed by atoms with Gasteiger partial charge in [-0.15, -0.1) is 12.4 Å². The second kappa shape index (κ2) is 10.2. The quantitative estimate of drug-likeness (QED) is 0.379. The molecule has 4 rings (SSSR count). The summed E-state index contributed by atoms with van der Waals surface area (Å²) in [4.78, 5) is 18.2.